The van der Waals surface area contributed by atoms with E-state index in [1.807, 2.05) is 19.9 Å². The number of nitriles is 1. The highest BCUT2D eigenvalue weighted by atomic mass is 16.5. The van der Waals surface area contributed by atoms with E-state index in [9.17, 15) is 9.59 Å². The van der Waals surface area contributed by atoms with Gasteiger partial charge < -0.3 is 15.4 Å². The average Bonchev–Trinajstić information content (AvgIpc) is 2.56. The second-order valence-electron chi connectivity index (χ2n) is 5.26. The van der Waals surface area contributed by atoms with Gasteiger partial charge in [0.15, 0.2) is 0 Å². The van der Waals surface area contributed by atoms with Crippen molar-refractivity contribution in [3.8, 4) is 11.8 Å². The fraction of sp³-hybridized carbons (Fsp3) is 0.167. The minimum Gasteiger partial charge on any atom is -0.491 e. The van der Waals surface area contributed by atoms with Gasteiger partial charge in [0.05, 0.1) is 17.4 Å². The van der Waals surface area contributed by atoms with E-state index in [0.29, 0.717) is 17.1 Å². The van der Waals surface area contributed by atoms with Crippen molar-refractivity contribution in [3.63, 3.8) is 0 Å². The Morgan fingerprint density at radius 2 is 1.62 bits per heavy atom. The van der Waals surface area contributed by atoms with Crippen LogP contribution in [0, 0.1) is 11.3 Å². The van der Waals surface area contributed by atoms with Crippen molar-refractivity contribution in [2.75, 3.05) is 10.6 Å². The molecule has 2 N–H and O–H groups in total. The van der Waals surface area contributed by atoms with E-state index in [1.165, 1.54) is 0 Å². The van der Waals surface area contributed by atoms with Gasteiger partial charge in [0.1, 0.15) is 11.8 Å². The molecule has 0 fully saturated rings. The van der Waals surface area contributed by atoms with Crippen LogP contribution in [0.4, 0.5) is 11.4 Å². The minimum absolute atomic E-state index is 0.0522. The first-order valence-electron chi connectivity index (χ1n) is 7.38. The van der Waals surface area contributed by atoms with Crippen LogP contribution in [0.5, 0.6) is 5.75 Å². The van der Waals surface area contributed by atoms with Gasteiger partial charge >= 0.3 is 11.8 Å². The zero-order valence-electron chi connectivity index (χ0n) is 13.4. The Bertz CT molecular complexity index is 777. The van der Waals surface area contributed by atoms with Crippen molar-refractivity contribution in [3.05, 3.63) is 54.1 Å². The second-order valence-corrected chi connectivity index (χ2v) is 5.26. The van der Waals surface area contributed by atoms with E-state index < -0.39 is 11.8 Å². The van der Waals surface area contributed by atoms with Gasteiger partial charge in [0, 0.05) is 5.69 Å². The summed E-state index contributed by atoms with van der Waals surface area (Å²) < 4.78 is 5.50. The summed E-state index contributed by atoms with van der Waals surface area (Å²) in [6, 6.07) is 15.1. The van der Waals surface area contributed by atoms with Gasteiger partial charge in [-0.2, -0.15) is 5.26 Å². The molecule has 6 heteroatoms. The predicted molar refractivity (Wildman–Crippen MR) is 90.6 cm³/mol. The Morgan fingerprint density at radius 3 is 2.25 bits per heavy atom. The Kier molecular flexibility index (Phi) is 5.53. The lowest BCUT2D eigenvalue weighted by molar-refractivity contribution is -0.133. The molecule has 2 aromatic carbocycles. The quantitative estimate of drug-likeness (QED) is 0.846. The SMILES string of the molecule is CC(C)Oc1ccc(NC(=O)C(=O)Nc2ccccc2C#N)cc1. The Balaban J connectivity index is 1.99. The standard InChI is InChI=1S/C18H17N3O3/c1-12(2)24-15-9-7-14(8-10-15)20-17(22)18(23)21-16-6-4-3-5-13(16)11-19/h3-10,12H,1-2H3,(H,20,22)(H,21,23). The molecule has 24 heavy (non-hydrogen) atoms. The van der Waals surface area contributed by atoms with Crippen molar-refractivity contribution >= 4 is 23.2 Å². The van der Waals surface area contributed by atoms with Crippen LogP contribution in [0.15, 0.2) is 48.5 Å². The zero-order valence-corrected chi connectivity index (χ0v) is 13.4. The molecular formula is C18H17N3O3. The number of nitrogens with zero attached hydrogens (tertiary/aromatic N) is 1. The van der Waals surface area contributed by atoms with Crippen molar-refractivity contribution in [1.82, 2.24) is 0 Å². The topological polar surface area (TPSA) is 91.2 Å². The number of benzene rings is 2. The summed E-state index contributed by atoms with van der Waals surface area (Å²) in [6.45, 7) is 3.83. The summed E-state index contributed by atoms with van der Waals surface area (Å²) >= 11 is 0. The van der Waals surface area contributed by atoms with Crippen molar-refractivity contribution in [1.29, 1.82) is 5.26 Å². The highest BCUT2D eigenvalue weighted by Crippen LogP contribution is 2.17. The number of anilines is 2. The molecule has 122 valence electrons. The molecule has 0 saturated carbocycles. The number of hydrogen-bond donors (Lipinski definition) is 2. The highest BCUT2D eigenvalue weighted by molar-refractivity contribution is 6.43. The summed E-state index contributed by atoms with van der Waals surface area (Å²) in [6.07, 6.45) is 0.0522. The molecule has 0 radical (unpaired) electrons. The maximum Gasteiger partial charge on any atom is 0.314 e. The fourth-order valence-electron chi connectivity index (χ4n) is 1.95. The third-order valence-corrected chi connectivity index (χ3v) is 2.99. The van der Waals surface area contributed by atoms with Crippen LogP contribution in [0.2, 0.25) is 0 Å². The largest absolute Gasteiger partial charge is 0.491 e. The summed E-state index contributed by atoms with van der Waals surface area (Å²) in [7, 11) is 0. The van der Waals surface area contributed by atoms with Crippen LogP contribution in [-0.4, -0.2) is 17.9 Å². The molecule has 6 nitrogen and oxygen atoms in total. The molecule has 2 rings (SSSR count). The van der Waals surface area contributed by atoms with Crippen molar-refractivity contribution < 1.29 is 14.3 Å². The molecular weight excluding hydrogens is 306 g/mol. The number of hydrogen-bond acceptors (Lipinski definition) is 4. The molecule has 0 aromatic heterocycles. The summed E-state index contributed by atoms with van der Waals surface area (Å²) in [5, 5.41) is 13.9. The van der Waals surface area contributed by atoms with E-state index in [4.69, 9.17) is 10.00 Å². The molecule has 0 atom stereocenters. The lowest BCUT2D eigenvalue weighted by Gasteiger charge is -2.11. The van der Waals surface area contributed by atoms with E-state index in [2.05, 4.69) is 10.6 Å². The Labute approximate surface area is 140 Å². The predicted octanol–water partition coefficient (Wildman–Crippen LogP) is 2.92. The van der Waals surface area contributed by atoms with Gasteiger partial charge in [-0.25, -0.2) is 0 Å². The second kappa shape index (κ2) is 7.79. The molecule has 0 unspecified atom stereocenters. The number of rotatable bonds is 4. The van der Waals surface area contributed by atoms with E-state index >= 15 is 0 Å². The van der Waals surface area contributed by atoms with Crippen LogP contribution in [0.25, 0.3) is 0 Å². The zero-order chi connectivity index (χ0) is 17.5. The Morgan fingerprint density at radius 1 is 1.00 bits per heavy atom. The van der Waals surface area contributed by atoms with Gasteiger partial charge in [-0.15, -0.1) is 0 Å². The lowest BCUT2D eigenvalue weighted by atomic mass is 10.2. The first-order valence-corrected chi connectivity index (χ1v) is 7.38. The fourth-order valence-corrected chi connectivity index (χ4v) is 1.95. The van der Waals surface area contributed by atoms with Gasteiger partial charge in [0.25, 0.3) is 0 Å². The minimum atomic E-state index is -0.847. The third kappa shape index (κ3) is 4.58. The molecule has 0 aliphatic heterocycles. The number of carbonyl (C=O) groups is 2. The van der Waals surface area contributed by atoms with Gasteiger partial charge in [-0.05, 0) is 50.2 Å². The van der Waals surface area contributed by atoms with Gasteiger partial charge in [-0.3, -0.25) is 9.59 Å². The highest BCUT2D eigenvalue weighted by Gasteiger charge is 2.15. The van der Waals surface area contributed by atoms with Gasteiger partial charge in [0.2, 0.25) is 0 Å². The smallest absolute Gasteiger partial charge is 0.314 e. The van der Waals surface area contributed by atoms with Crippen LogP contribution >= 0.6 is 0 Å². The Hall–Kier alpha value is -3.33. The van der Waals surface area contributed by atoms with Crippen LogP contribution in [0.1, 0.15) is 19.4 Å². The van der Waals surface area contributed by atoms with Gasteiger partial charge in [-0.1, -0.05) is 12.1 Å². The van der Waals surface area contributed by atoms with E-state index in [1.54, 1.807) is 48.5 Å². The molecule has 0 aliphatic carbocycles. The van der Waals surface area contributed by atoms with E-state index in [0.717, 1.165) is 0 Å². The molecule has 0 spiro atoms. The first-order chi connectivity index (χ1) is 11.5. The maximum absolute atomic E-state index is 11.9. The molecule has 2 aromatic rings. The number of amides is 2. The lowest BCUT2D eigenvalue weighted by Crippen LogP contribution is -2.29. The summed E-state index contributed by atoms with van der Waals surface area (Å²) in [5.74, 6) is -0.990. The number of para-hydroxylation sites is 1. The number of nitrogens with one attached hydrogen (secondary N) is 2. The van der Waals surface area contributed by atoms with Crippen LogP contribution in [0.3, 0.4) is 0 Å². The molecule has 0 heterocycles. The van der Waals surface area contributed by atoms with Crippen molar-refractivity contribution in [2.45, 2.75) is 20.0 Å². The third-order valence-electron chi connectivity index (χ3n) is 2.99. The first kappa shape index (κ1) is 17.0. The monoisotopic (exact) mass is 323 g/mol. The normalized spacial score (nSPS) is 9.92. The number of ether oxygens (including phenoxy) is 1. The number of carbonyl (C=O) groups excluding carboxylic acids is 2. The average molecular weight is 323 g/mol. The molecule has 0 aliphatic rings. The summed E-state index contributed by atoms with van der Waals surface area (Å²) in [5.41, 5.74) is 1.05. The van der Waals surface area contributed by atoms with Crippen molar-refractivity contribution in [2.24, 2.45) is 0 Å². The maximum atomic E-state index is 11.9. The van der Waals surface area contributed by atoms with E-state index in [-0.39, 0.29) is 11.7 Å². The molecule has 0 bridgehead atoms. The molecule has 0 saturated heterocycles. The van der Waals surface area contributed by atoms with Crippen LogP contribution < -0.4 is 15.4 Å². The van der Waals surface area contributed by atoms with Crippen LogP contribution in [-0.2, 0) is 9.59 Å². The molecule has 2 amide bonds. The summed E-state index contributed by atoms with van der Waals surface area (Å²) in [4.78, 5) is 23.9.